The van der Waals surface area contributed by atoms with Gasteiger partial charge in [-0.25, -0.2) is 4.79 Å². The molecule has 2 aromatic rings. The van der Waals surface area contributed by atoms with Crippen molar-refractivity contribution in [2.75, 3.05) is 11.9 Å². The van der Waals surface area contributed by atoms with Crippen LogP contribution in [0.5, 0.6) is 0 Å². The summed E-state index contributed by atoms with van der Waals surface area (Å²) in [6.07, 6.45) is 5.66. The van der Waals surface area contributed by atoms with Gasteiger partial charge in [0.1, 0.15) is 0 Å². The Kier molecular flexibility index (Phi) is 4.70. The van der Waals surface area contributed by atoms with Crippen LogP contribution in [0.15, 0.2) is 59.9 Å². The third-order valence-electron chi connectivity index (χ3n) is 3.60. The Bertz CT molecular complexity index is 794. The van der Waals surface area contributed by atoms with Crippen molar-refractivity contribution in [3.63, 3.8) is 0 Å². The highest BCUT2D eigenvalue weighted by Crippen LogP contribution is 2.25. The number of aliphatic imine (C=N–C) groups is 1. The van der Waals surface area contributed by atoms with Gasteiger partial charge in [0.25, 0.3) is 0 Å². The van der Waals surface area contributed by atoms with Crippen LogP contribution in [0.2, 0.25) is 0 Å². The molecular formula is C19H20N4O. The van der Waals surface area contributed by atoms with Gasteiger partial charge in [0.05, 0.1) is 12.3 Å². The maximum atomic E-state index is 11.9. The number of rotatable bonds is 4. The lowest BCUT2D eigenvalue weighted by molar-refractivity contribution is 0.250. The molecule has 0 aliphatic carbocycles. The fourth-order valence-electron chi connectivity index (χ4n) is 2.62. The highest BCUT2D eigenvalue weighted by Gasteiger charge is 2.16. The summed E-state index contributed by atoms with van der Waals surface area (Å²) in [6, 6.07) is 11.6. The highest BCUT2D eigenvalue weighted by molar-refractivity contribution is 6.33. The van der Waals surface area contributed by atoms with Gasteiger partial charge in [-0.3, -0.25) is 9.98 Å². The molecule has 2 amide bonds. The van der Waals surface area contributed by atoms with Crippen LogP contribution in [0.4, 0.5) is 10.5 Å². The summed E-state index contributed by atoms with van der Waals surface area (Å²) < 4.78 is 0. The molecule has 5 heteroatoms. The van der Waals surface area contributed by atoms with E-state index in [1.54, 1.807) is 12.4 Å². The molecule has 0 radical (unpaired) electrons. The van der Waals surface area contributed by atoms with Gasteiger partial charge in [0.2, 0.25) is 0 Å². The van der Waals surface area contributed by atoms with E-state index in [0.717, 1.165) is 28.1 Å². The molecule has 0 spiro atoms. The molecule has 0 saturated carbocycles. The summed E-state index contributed by atoms with van der Waals surface area (Å²) in [5, 5.41) is 5.67. The van der Waals surface area contributed by atoms with Crippen molar-refractivity contribution in [3.05, 3.63) is 66.0 Å². The van der Waals surface area contributed by atoms with Crippen molar-refractivity contribution >= 4 is 23.0 Å². The summed E-state index contributed by atoms with van der Waals surface area (Å²) in [5.74, 6) is 0. The fourth-order valence-corrected chi connectivity index (χ4v) is 2.62. The second kappa shape index (κ2) is 7.08. The molecule has 0 atom stereocenters. The van der Waals surface area contributed by atoms with Gasteiger partial charge in [0, 0.05) is 35.3 Å². The number of allylic oxidation sites excluding steroid dienone is 1. The smallest absolute Gasteiger partial charge is 0.319 e. The van der Waals surface area contributed by atoms with Gasteiger partial charge in [-0.2, -0.15) is 0 Å². The molecule has 122 valence electrons. The molecule has 2 heterocycles. The van der Waals surface area contributed by atoms with E-state index in [0.29, 0.717) is 6.54 Å². The molecule has 5 nitrogen and oxygen atoms in total. The molecular weight excluding hydrogens is 300 g/mol. The van der Waals surface area contributed by atoms with Crippen LogP contribution in [0.1, 0.15) is 25.0 Å². The van der Waals surface area contributed by atoms with Crippen LogP contribution in [0.25, 0.3) is 5.57 Å². The lowest BCUT2D eigenvalue weighted by Crippen LogP contribution is -2.34. The minimum atomic E-state index is -0.208. The first-order valence-corrected chi connectivity index (χ1v) is 7.97. The molecule has 1 aromatic carbocycles. The molecule has 24 heavy (non-hydrogen) atoms. The van der Waals surface area contributed by atoms with E-state index in [2.05, 4.69) is 26.7 Å². The number of benzene rings is 1. The number of aromatic nitrogens is 1. The molecule has 1 aromatic heterocycles. The van der Waals surface area contributed by atoms with E-state index in [9.17, 15) is 4.79 Å². The maximum Gasteiger partial charge on any atom is 0.319 e. The molecule has 3 rings (SSSR count). The Hall–Kier alpha value is -2.95. The Morgan fingerprint density at radius 3 is 2.67 bits per heavy atom. The Morgan fingerprint density at radius 1 is 1.12 bits per heavy atom. The van der Waals surface area contributed by atoms with Crippen LogP contribution in [0, 0.1) is 0 Å². The largest absolute Gasteiger partial charge is 0.336 e. The van der Waals surface area contributed by atoms with Gasteiger partial charge in [0.15, 0.2) is 0 Å². The predicted octanol–water partition coefficient (Wildman–Crippen LogP) is 3.50. The zero-order chi connectivity index (χ0) is 16.9. The Labute approximate surface area is 141 Å². The van der Waals surface area contributed by atoms with E-state index < -0.39 is 0 Å². The number of nitrogens with zero attached hydrogens (tertiary/aromatic N) is 2. The average Bonchev–Trinajstić information content (AvgIpc) is 3.04. The summed E-state index contributed by atoms with van der Waals surface area (Å²) >= 11 is 0. The van der Waals surface area contributed by atoms with Crippen LogP contribution >= 0.6 is 0 Å². The van der Waals surface area contributed by atoms with E-state index >= 15 is 0 Å². The third kappa shape index (κ3) is 3.68. The molecule has 1 aliphatic heterocycles. The zero-order valence-electron chi connectivity index (χ0n) is 13.8. The number of carbonyl (C=O) groups is 1. The first kappa shape index (κ1) is 15.9. The minimum absolute atomic E-state index is 0.0913. The first-order chi connectivity index (χ1) is 11.6. The van der Waals surface area contributed by atoms with Gasteiger partial charge >= 0.3 is 6.03 Å². The number of nitrogens with one attached hydrogen (secondary N) is 2. The molecule has 1 aliphatic rings. The number of anilines is 1. The summed E-state index contributed by atoms with van der Waals surface area (Å²) in [4.78, 5) is 20.5. The predicted molar refractivity (Wildman–Crippen MR) is 97.4 cm³/mol. The van der Waals surface area contributed by atoms with Crippen molar-refractivity contribution in [1.29, 1.82) is 0 Å². The van der Waals surface area contributed by atoms with Gasteiger partial charge < -0.3 is 10.6 Å². The molecule has 0 unspecified atom stereocenters. The minimum Gasteiger partial charge on any atom is -0.336 e. The van der Waals surface area contributed by atoms with Crippen LogP contribution in [-0.2, 0) is 0 Å². The van der Waals surface area contributed by atoms with E-state index in [1.807, 2.05) is 50.2 Å². The summed E-state index contributed by atoms with van der Waals surface area (Å²) in [7, 11) is 0. The van der Waals surface area contributed by atoms with Crippen molar-refractivity contribution in [2.24, 2.45) is 4.99 Å². The molecule has 0 saturated heterocycles. The van der Waals surface area contributed by atoms with E-state index in [-0.39, 0.29) is 12.1 Å². The maximum absolute atomic E-state index is 11.9. The van der Waals surface area contributed by atoms with Crippen molar-refractivity contribution < 1.29 is 4.79 Å². The number of carbonyl (C=O) groups excluding carboxylic acids is 1. The SMILES string of the molecule is CC(C)NC(=O)Nc1cccc(C2=NCC=C2c2ccncc2)c1. The zero-order valence-corrected chi connectivity index (χ0v) is 13.8. The van der Waals surface area contributed by atoms with Crippen molar-refractivity contribution in [2.45, 2.75) is 19.9 Å². The van der Waals surface area contributed by atoms with E-state index in [1.165, 1.54) is 0 Å². The van der Waals surface area contributed by atoms with Gasteiger partial charge in [-0.05, 0) is 43.7 Å². The fraction of sp³-hybridized carbons (Fsp3) is 0.211. The number of pyridine rings is 1. The van der Waals surface area contributed by atoms with Crippen LogP contribution in [0.3, 0.4) is 0 Å². The van der Waals surface area contributed by atoms with E-state index in [4.69, 9.17) is 0 Å². The first-order valence-electron chi connectivity index (χ1n) is 7.97. The number of hydrogen-bond donors (Lipinski definition) is 2. The second-order valence-electron chi connectivity index (χ2n) is 5.88. The third-order valence-corrected chi connectivity index (χ3v) is 3.60. The summed E-state index contributed by atoms with van der Waals surface area (Å²) in [5.41, 5.74) is 4.86. The molecule has 2 N–H and O–H groups in total. The average molecular weight is 320 g/mol. The molecule has 0 bridgehead atoms. The quantitative estimate of drug-likeness (QED) is 0.905. The van der Waals surface area contributed by atoms with Crippen molar-refractivity contribution in [1.82, 2.24) is 10.3 Å². The second-order valence-corrected chi connectivity index (χ2v) is 5.88. The van der Waals surface area contributed by atoms with Crippen LogP contribution in [-0.4, -0.2) is 29.3 Å². The normalized spacial score (nSPS) is 13.5. The lowest BCUT2D eigenvalue weighted by Gasteiger charge is -2.12. The number of urea groups is 1. The Morgan fingerprint density at radius 2 is 1.92 bits per heavy atom. The molecule has 0 fully saturated rings. The standard InChI is InChI=1S/C19H20N4O/c1-13(2)22-19(24)23-16-5-3-4-15(12-16)18-17(8-11-21-18)14-6-9-20-10-7-14/h3-10,12-13H,11H2,1-2H3,(H2,22,23,24). The lowest BCUT2D eigenvalue weighted by atomic mass is 9.97. The number of amides is 2. The van der Waals surface area contributed by atoms with Crippen molar-refractivity contribution in [3.8, 4) is 0 Å². The van der Waals surface area contributed by atoms with Crippen LogP contribution < -0.4 is 10.6 Å². The monoisotopic (exact) mass is 320 g/mol. The highest BCUT2D eigenvalue weighted by atomic mass is 16.2. The number of hydrogen-bond acceptors (Lipinski definition) is 3. The summed E-state index contributed by atoms with van der Waals surface area (Å²) in [6.45, 7) is 4.52. The Balaban J connectivity index is 1.82. The van der Waals surface area contributed by atoms with Gasteiger partial charge in [-0.15, -0.1) is 0 Å². The topological polar surface area (TPSA) is 66.4 Å². The van der Waals surface area contributed by atoms with Gasteiger partial charge in [-0.1, -0.05) is 18.2 Å².